The van der Waals surface area contributed by atoms with Crippen LogP contribution in [0.2, 0.25) is 39.3 Å². The molecular weight excluding hydrogens is 881 g/mol. The average Bonchev–Trinajstić information content (AvgIpc) is 3.31. The van der Waals surface area contributed by atoms with E-state index in [1.54, 1.807) is 12.1 Å². The minimum Gasteiger partial charge on any atom is -0.307 e. The second-order valence-corrected chi connectivity index (χ2v) is 30.3. The van der Waals surface area contributed by atoms with Gasteiger partial charge in [0.15, 0.2) is 0 Å². The Bertz CT molecular complexity index is 3280. The van der Waals surface area contributed by atoms with Crippen molar-refractivity contribution in [2.24, 2.45) is 0 Å². The number of aryl methyl sites for hydroxylation is 2. The summed E-state index contributed by atoms with van der Waals surface area (Å²) in [4.78, 5) is 3.81. The Kier molecular flexibility index (Phi) is 11.2. The molecule has 0 heterocycles. The molecule has 338 valence electrons. The van der Waals surface area contributed by atoms with Crippen LogP contribution >= 0.6 is 0 Å². The van der Waals surface area contributed by atoms with Crippen molar-refractivity contribution in [3.05, 3.63) is 204 Å². The maximum Gasteiger partial charge on any atom is 0.150 e. The molecule has 10 aromatic carbocycles. The van der Waals surface area contributed by atoms with E-state index in [-0.39, 0.29) is 11.4 Å². The van der Waals surface area contributed by atoms with Crippen molar-refractivity contribution in [1.29, 1.82) is 0 Å². The number of halogens is 4. The van der Waals surface area contributed by atoms with Gasteiger partial charge in [0, 0.05) is 45.4 Å². The van der Waals surface area contributed by atoms with E-state index >= 15 is 17.6 Å². The van der Waals surface area contributed by atoms with Crippen molar-refractivity contribution in [1.82, 2.24) is 0 Å². The molecular formula is C60H52F4N2Si2. The van der Waals surface area contributed by atoms with Gasteiger partial charge in [0.25, 0.3) is 0 Å². The Morgan fingerprint density at radius 3 is 1.01 bits per heavy atom. The van der Waals surface area contributed by atoms with E-state index in [0.29, 0.717) is 33.6 Å². The van der Waals surface area contributed by atoms with E-state index in [1.807, 2.05) is 109 Å². The molecule has 0 aliphatic heterocycles. The summed E-state index contributed by atoms with van der Waals surface area (Å²) in [6.45, 7) is 17.7. The lowest BCUT2D eigenvalue weighted by atomic mass is 9.91. The van der Waals surface area contributed by atoms with E-state index < -0.39 is 39.4 Å². The number of rotatable bonds is 10. The highest BCUT2D eigenvalue weighted by Gasteiger charge is 2.27. The average molecular weight is 933 g/mol. The van der Waals surface area contributed by atoms with Gasteiger partial charge < -0.3 is 9.80 Å². The highest BCUT2D eigenvalue weighted by atomic mass is 28.3. The Labute approximate surface area is 398 Å². The van der Waals surface area contributed by atoms with Crippen LogP contribution in [0.15, 0.2) is 170 Å². The zero-order valence-electron chi connectivity index (χ0n) is 39.6. The summed E-state index contributed by atoms with van der Waals surface area (Å²) in [6.07, 6.45) is 0. The molecule has 0 atom stereocenters. The summed E-state index contributed by atoms with van der Waals surface area (Å²) >= 11 is 0. The zero-order chi connectivity index (χ0) is 47.8. The van der Waals surface area contributed by atoms with Gasteiger partial charge in [0.05, 0.1) is 38.9 Å². The van der Waals surface area contributed by atoms with Gasteiger partial charge in [0.1, 0.15) is 23.3 Å². The van der Waals surface area contributed by atoms with E-state index in [0.717, 1.165) is 67.0 Å². The van der Waals surface area contributed by atoms with Gasteiger partial charge in [-0.25, -0.2) is 17.6 Å². The van der Waals surface area contributed by atoms with Gasteiger partial charge in [-0.2, -0.15) is 0 Å². The first kappa shape index (κ1) is 44.8. The molecule has 0 unspecified atom stereocenters. The van der Waals surface area contributed by atoms with Crippen LogP contribution in [-0.4, -0.2) is 16.1 Å². The maximum atomic E-state index is 16.7. The fraction of sp³-hybridized carbons (Fsp3) is 0.133. The largest absolute Gasteiger partial charge is 0.307 e. The minimum atomic E-state index is -1.70. The topological polar surface area (TPSA) is 6.48 Å². The summed E-state index contributed by atoms with van der Waals surface area (Å²) < 4.78 is 65.2. The van der Waals surface area contributed by atoms with Crippen LogP contribution in [-0.2, 0) is 0 Å². The fourth-order valence-corrected chi connectivity index (χ4v) is 11.9. The molecule has 0 saturated carbocycles. The Hall–Kier alpha value is -7.01. The molecule has 0 spiro atoms. The van der Waals surface area contributed by atoms with Crippen molar-refractivity contribution < 1.29 is 17.6 Å². The number of benzene rings is 10. The molecule has 68 heavy (non-hydrogen) atoms. The highest BCUT2D eigenvalue weighted by molar-refractivity contribution is 6.89. The van der Waals surface area contributed by atoms with Crippen LogP contribution in [0.3, 0.4) is 0 Å². The third-order valence-electron chi connectivity index (χ3n) is 13.4. The molecule has 2 nitrogen and oxygen atoms in total. The van der Waals surface area contributed by atoms with E-state index in [1.165, 1.54) is 10.4 Å². The molecule has 10 aromatic rings. The Balaban J connectivity index is 1.23. The van der Waals surface area contributed by atoms with Crippen molar-refractivity contribution >= 4 is 93.0 Å². The van der Waals surface area contributed by atoms with Crippen LogP contribution in [0.25, 0.3) is 54.6 Å². The summed E-state index contributed by atoms with van der Waals surface area (Å²) in [7, 11) is -3.41. The van der Waals surface area contributed by atoms with Crippen LogP contribution in [0.5, 0.6) is 0 Å². The predicted molar refractivity (Wildman–Crippen MR) is 286 cm³/mol. The monoisotopic (exact) mass is 932 g/mol. The minimum absolute atomic E-state index is 0.211. The summed E-state index contributed by atoms with van der Waals surface area (Å²) in [5, 5.41) is 8.04. The summed E-state index contributed by atoms with van der Waals surface area (Å²) in [5.41, 5.74) is 7.27. The maximum absolute atomic E-state index is 16.7. The summed E-state index contributed by atoms with van der Waals surface area (Å²) in [6, 6.07) is 53.4. The molecule has 0 radical (unpaired) electrons. The van der Waals surface area contributed by atoms with Crippen molar-refractivity contribution in [2.75, 3.05) is 9.80 Å². The van der Waals surface area contributed by atoms with Gasteiger partial charge in [-0.15, -0.1) is 0 Å². The normalized spacial score (nSPS) is 12.1. The van der Waals surface area contributed by atoms with Gasteiger partial charge in [-0.3, -0.25) is 0 Å². The molecule has 0 aromatic heterocycles. The number of anilines is 6. The molecule has 0 bridgehead atoms. The van der Waals surface area contributed by atoms with Gasteiger partial charge in [-0.05, 0) is 95.1 Å². The van der Waals surface area contributed by atoms with Crippen molar-refractivity contribution in [3.63, 3.8) is 0 Å². The van der Waals surface area contributed by atoms with Gasteiger partial charge in [0.2, 0.25) is 0 Å². The lowest BCUT2D eigenvalue weighted by Crippen LogP contribution is -2.37. The molecule has 0 fully saturated rings. The first-order valence-electron chi connectivity index (χ1n) is 23.1. The molecule has 0 amide bonds. The zero-order valence-corrected chi connectivity index (χ0v) is 41.6. The Morgan fingerprint density at radius 2 is 0.676 bits per heavy atom. The predicted octanol–water partition coefficient (Wildman–Crippen LogP) is 17.1. The first-order chi connectivity index (χ1) is 32.4. The van der Waals surface area contributed by atoms with E-state index in [9.17, 15) is 0 Å². The lowest BCUT2D eigenvalue weighted by Gasteiger charge is -2.30. The third-order valence-corrected chi connectivity index (χ3v) is 17.5. The van der Waals surface area contributed by atoms with Crippen LogP contribution in [0.4, 0.5) is 51.7 Å². The molecule has 0 saturated heterocycles. The van der Waals surface area contributed by atoms with E-state index in [4.69, 9.17) is 0 Å². The van der Waals surface area contributed by atoms with E-state index in [2.05, 4.69) is 99.9 Å². The standard InChI is InChI=1S/C60H52F4N2Si2/c1-37-9-13-39(14-10-37)49-33-57(53(63)35-51(49)61)65(43-21-25-45(26-22-43)67(3,4)5)55-31-19-41-18-30-48-56(32-20-42-17-29-47(55)59(41)60(42)48)66(44-23-27-46(28-24-44)68(6,7)8)58-34-50(52(62)36-54(58)64)40-15-11-38(2)12-16-40/h9-36H,1-8H3. The van der Waals surface area contributed by atoms with Crippen LogP contribution < -0.4 is 20.2 Å². The van der Waals surface area contributed by atoms with Gasteiger partial charge >= 0.3 is 0 Å². The molecule has 10 rings (SSSR count). The van der Waals surface area contributed by atoms with Crippen molar-refractivity contribution in [2.45, 2.75) is 53.1 Å². The number of hydrogen-bond acceptors (Lipinski definition) is 2. The molecule has 0 aliphatic carbocycles. The third kappa shape index (κ3) is 8.05. The second kappa shape index (κ2) is 16.9. The quantitative estimate of drug-likeness (QED) is 0.0766. The first-order valence-corrected chi connectivity index (χ1v) is 30.1. The Morgan fingerprint density at radius 1 is 0.338 bits per heavy atom. The number of hydrogen-bond donors (Lipinski definition) is 0. The fourth-order valence-electron chi connectivity index (χ4n) is 9.52. The van der Waals surface area contributed by atoms with Gasteiger partial charge in [-0.1, -0.05) is 170 Å². The van der Waals surface area contributed by atoms with Crippen molar-refractivity contribution in [3.8, 4) is 22.3 Å². The molecule has 0 N–H and O–H groups in total. The summed E-state index contributed by atoms with van der Waals surface area (Å²) in [5.74, 6) is -2.67. The molecule has 8 heteroatoms. The SMILES string of the molecule is Cc1ccc(-c2cc(N(c3ccc([Si](C)(C)C)cc3)c3ccc4ccc5c(N(c6ccc([Si](C)(C)C)cc6)c6cc(-c7ccc(C)cc7)c(F)cc6F)ccc6ccc3c4c65)c(F)cc2F)cc1. The molecule has 0 aliphatic rings. The highest BCUT2D eigenvalue weighted by Crippen LogP contribution is 2.49. The lowest BCUT2D eigenvalue weighted by molar-refractivity contribution is 0.586. The second-order valence-electron chi connectivity index (χ2n) is 20.2. The van der Waals surface area contributed by atoms with Crippen LogP contribution in [0, 0.1) is 37.1 Å². The smallest absolute Gasteiger partial charge is 0.150 e. The van der Waals surface area contributed by atoms with Crippen LogP contribution in [0.1, 0.15) is 11.1 Å². The number of nitrogens with zero attached hydrogens (tertiary/aromatic N) is 2.